The van der Waals surface area contributed by atoms with Gasteiger partial charge in [-0.05, 0) is 52.5 Å². The third kappa shape index (κ3) is 5.71. The van der Waals surface area contributed by atoms with Crippen molar-refractivity contribution in [3.05, 3.63) is 0 Å². The zero-order valence-electron chi connectivity index (χ0n) is 13.3. The predicted molar refractivity (Wildman–Crippen MR) is 81.0 cm³/mol. The highest BCUT2D eigenvalue weighted by molar-refractivity contribution is 4.82. The van der Waals surface area contributed by atoms with Crippen molar-refractivity contribution in [2.75, 3.05) is 19.6 Å². The van der Waals surface area contributed by atoms with Crippen molar-refractivity contribution in [2.45, 2.75) is 78.3 Å². The van der Waals surface area contributed by atoms with Crippen molar-refractivity contribution in [2.24, 2.45) is 5.92 Å². The van der Waals surface area contributed by atoms with Crippen LogP contribution in [0.2, 0.25) is 0 Å². The van der Waals surface area contributed by atoms with Gasteiger partial charge in [0.25, 0.3) is 0 Å². The van der Waals surface area contributed by atoms with Crippen molar-refractivity contribution in [3.63, 3.8) is 0 Å². The van der Waals surface area contributed by atoms with Crippen LogP contribution in [0, 0.1) is 5.92 Å². The summed E-state index contributed by atoms with van der Waals surface area (Å²) in [7, 11) is 0. The molecule has 0 radical (unpaired) electrons. The van der Waals surface area contributed by atoms with Crippen LogP contribution in [0.4, 0.5) is 0 Å². The average molecular weight is 254 g/mol. The topological polar surface area (TPSA) is 15.3 Å². The molecule has 0 saturated carbocycles. The number of rotatable bonds is 6. The molecule has 2 atom stereocenters. The van der Waals surface area contributed by atoms with Crippen molar-refractivity contribution in [1.82, 2.24) is 10.2 Å². The molecule has 1 saturated heterocycles. The van der Waals surface area contributed by atoms with Crippen LogP contribution in [0.15, 0.2) is 0 Å². The van der Waals surface area contributed by atoms with Gasteiger partial charge >= 0.3 is 0 Å². The molecule has 1 aliphatic heterocycles. The van der Waals surface area contributed by atoms with Gasteiger partial charge in [0.15, 0.2) is 0 Å². The minimum atomic E-state index is 0.242. The van der Waals surface area contributed by atoms with Crippen molar-refractivity contribution >= 4 is 0 Å². The smallest absolute Gasteiger partial charge is 0.0220 e. The fraction of sp³-hybridized carbons (Fsp3) is 1.00. The molecule has 108 valence electrons. The van der Waals surface area contributed by atoms with Gasteiger partial charge in [-0.25, -0.2) is 0 Å². The van der Waals surface area contributed by atoms with Gasteiger partial charge in [0, 0.05) is 24.7 Å². The molecule has 2 heteroatoms. The molecule has 0 aromatic carbocycles. The number of hydrogen-bond donors (Lipinski definition) is 1. The average Bonchev–Trinajstić information content (AvgIpc) is 2.33. The van der Waals surface area contributed by atoms with E-state index in [1.54, 1.807) is 0 Å². The molecule has 2 nitrogen and oxygen atoms in total. The van der Waals surface area contributed by atoms with Crippen LogP contribution in [0.1, 0.15) is 66.7 Å². The summed E-state index contributed by atoms with van der Waals surface area (Å²) in [5.41, 5.74) is 0.242. The second-order valence-electron chi connectivity index (χ2n) is 6.98. The lowest BCUT2D eigenvalue weighted by Crippen LogP contribution is -2.50. The first kappa shape index (κ1) is 16.0. The number of piperidine rings is 1. The summed E-state index contributed by atoms with van der Waals surface area (Å²) in [5, 5.41) is 3.70. The van der Waals surface area contributed by atoms with Crippen LogP contribution < -0.4 is 5.32 Å². The summed E-state index contributed by atoms with van der Waals surface area (Å²) in [6, 6.07) is 0.739. The zero-order valence-corrected chi connectivity index (χ0v) is 13.3. The molecule has 0 aromatic rings. The third-order valence-electron chi connectivity index (χ3n) is 4.13. The van der Waals surface area contributed by atoms with E-state index in [1.807, 2.05) is 0 Å². The highest BCUT2D eigenvalue weighted by Crippen LogP contribution is 2.22. The van der Waals surface area contributed by atoms with Gasteiger partial charge in [-0.15, -0.1) is 0 Å². The molecular formula is C16H34N2. The summed E-state index contributed by atoms with van der Waals surface area (Å²) in [6.45, 7) is 15.2. The van der Waals surface area contributed by atoms with Gasteiger partial charge in [0.05, 0.1) is 0 Å². The lowest BCUT2D eigenvalue weighted by atomic mass is 9.93. The van der Waals surface area contributed by atoms with Crippen LogP contribution in [0.3, 0.4) is 0 Å². The number of nitrogens with one attached hydrogen (secondary N) is 1. The normalized spacial score (nSPS) is 24.2. The van der Waals surface area contributed by atoms with E-state index >= 15 is 0 Å². The molecular weight excluding hydrogens is 220 g/mol. The minimum Gasteiger partial charge on any atom is -0.311 e. The van der Waals surface area contributed by atoms with E-state index in [0.717, 1.165) is 18.5 Å². The van der Waals surface area contributed by atoms with Crippen LogP contribution in [0.25, 0.3) is 0 Å². The molecule has 1 fully saturated rings. The molecule has 0 aromatic heterocycles. The van der Waals surface area contributed by atoms with Gasteiger partial charge in [-0.2, -0.15) is 0 Å². The highest BCUT2D eigenvalue weighted by Gasteiger charge is 2.25. The lowest BCUT2D eigenvalue weighted by Gasteiger charge is -2.39. The van der Waals surface area contributed by atoms with Crippen LogP contribution in [-0.4, -0.2) is 36.1 Å². The van der Waals surface area contributed by atoms with E-state index in [4.69, 9.17) is 0 Å². The molecule has 0 aliphatic carbocycles. The summed E-state index contributed by atoms with van der Waals surface area (Å²) < 4.78 is 0. The van der Waals surface area contributed by atoms with E-state index in [9.17, 15) is 0 Å². The van der Waals surface area contributed by atoms with Gasteiger partial charge in [-0.1, -0.05) is 26.7 Å². The summed E-state index contributed by atoms with van der Waals surface area (Å²) in [4.78, 5) is 2.75. The standard InChI is InChI=1S/C16H34N2/c1-6-9-15(12-17-16(3,4)5)18-11-8-10-14(7-2)13-18/h14-15,17H,6-13H2,1-5H3. The highest BCUT2D eigenvalue weighted by atomic mass is 15.2. The van der Waals surface area contributed by atoms with Crippen LogP contribution in [0.5, 0.6) is 0 Å². The maximum atomic E-state index is 3.70. The molecule has 0 bridgehead atoms. The van der Waals surface area contributed by atoms with Gasteiger partial charge < -0.3 is 5.32 Å². The molecule has 2 unspecified atom stereocenters. The predicted octanol–water partition coefficient (Wildman–Crippen LogP) is 3.67. The molecule has 1 heterocycles. The largest absolute Gasteiger partial charge is 0.311 e. The number of hydrogen-bond acceptors (Lipinski definition) is 2. The number of nitrogens with zero attached hydrogens (tertiary/aromatic N) is 1. The Bertz CT molecular complexity index is 220. The van der Waals surface area contributed by atoms with E-state index in [2.05, 4.69) is 44.8 Å². The molecule has 1 aliphatic rings. The van der Waals surface area contributed by atoms with Crippen LogP contribution >= 0.6 is 0 Å². The Hall–Kier alpha value is -0.0800. The Kier molecular flexibility index (Phi) is 6.65. The number of likely N-dealkylation sites (tertiary alicyclic amines) is 1. The first-order valence-electron chi connectivity index (χ1n) is 7.95. The Morgan fingerprint density at radius 1 is 1.28 bits per heavy atom. The van der Waals surface area contributed by atoms with Crippen molar-refractivity contribution in [1.29, 1.82) is 0 Å². The molecule has 0 amide bonds. The lowest BCUT2D eigenvalue weighted by molar-refractivity contribution is 0.109. The van der Waals surface area contributed by atoms with E-state index < -0.39 is 0 Å². The molecule has 18 heavy (non-hydrogen) atoms. The monoisotopic (exact) mass is 254 g/mol. The van der Waals surface area contributed by atoms with E-state index in [-0.39, 0.29) is 5.54 Å². The summed E-state index contributed by atoms with van der Waals surface area (Å²) in [5.74, 6) is 0.938. The quantitative estimate of drug-likeness (QED) is 0.778. The fourth-order valence-electron chi connectivity index (χ4n) is 2.93. The third-order valence-corrected chi connectivity index (χ3v) is 4.13. The Morgan fingerprint density at radius 3 is 2.56 bits per heavy atom. The molecule has 0 spiro atoms. The van der Waals surface area contributed by atoms with Gasteiger partial charge in [-0.3, -0.25) is 4.90 Å². The van der Waals surface area contributed by atoms with E-state index in [1.165, 1.54) is 45.2 Å². The van der Waals surface area contributed by atoms with Crippen molar-refractivity contribution < 1.29 is 0 Å². The SMILES string of the molecule is CCCC(CNC(C)(C)C)N1CCCC(CC)C1. The van der Waals surface area contributed by atoms with Gasteiger partial charge in [0.1, 0.15) is 0 Å². The summed E-state index contributed by atoms with van der Waals surface area (Å²) >= 11 is 0. The maximum absolute atomic E-state index is 3.70. The molecule has 1 rings (SSSR count). The Balaban J connectivity index is 2.49. The van der Waals surface area contributed by atoms with Crippen molar-refractivity contribution in [3.8, 4) is 0 Å². The van der Waals surface area contributed by atoms with Crippen LogP contribution in [-0.2, 0) is 0 Å². The Labute approximate surface area is 115 Å². The zero-order chi connectivity index (χ0) is 13.6. The second-order valence-corrected chi connectivity index (χ2v) is 6.98. The Morgan fingerprint density at radius 2 is 2.00 bits per heavy atom. The summed E-state index contributed by atoms with van der Waals surface area (Å²) in [6.07, 6.45) is 6.82. The minimum absolute atomic E-state index is 0.242. The first-order chi connectivity index (χ1) is 8.46. The second kappa shape index (κ2) is 7.49. The maximum Gasteiger partial charge on any atom is 0.0220 e. The fourth-order valence-corrected chi connectivity index (χ4v) is 2.93. The van der Waals surface area contributed by atoms with Gasteiger partial charge in [0.2, 0.25) is 0 Å². The van der Waals surface area contributed by atoms with E-state index in [0.29, 0.717) is 0 Å². The first-order valence-corrected chi connectivity index (χ1v) is 7.95. The molecule has 1 N–H and O–H groups in total.